The van der Waals surface area contributed by atoms with E-state index in [0.29, 0.717) is 16.3 Å². The first-order valence-corrected chi connectivity index (χ1v) is 8.97. The standard InChI is InChI=1S/C19H20BrN3O3/c1-19(2,3)13-7-5-12(6-8-13)17-22-21-15(26-17)11-23(4)18(24)16-14(20)9-10-25-16/h5-10H,11H2,1-4H3. The first-order chi connectivity index (χ1) is 12.3. The smallest absolute Gasteiger partial charge is 0.290 e. The third-order valence-electron chi connectivity index (χ3n) is 4.00. The van der Waals surface area contributed by atoms with Crippen molar-refractivity contribution >= 4 is 21.8 Å². The number of rotatable bonds is 4. The van der Waals surface area contributed by atoms with E-state index in [0.717, 1.165) is 5.56 Å². The molecule has 0 saturated carbocycles. The lowest BCUT2D eigenvalue weighted by molar-refractivity contribution is 0.0740. The molecule has 2 heterocycles. The highest BCUT2D eigenvalue weighted by Gasteiger charge is 2.21. The summed E-state index contributed by atoms with van der Waals surface area (Å²) in [6.07, 6.45) is 1.46. The van der Waals surface area contributed by atoms with E-state index in [2.05, 4.69) is 59.0 Å². The van der Waals surface area contributed by atoms with Crippen LogP contribution in [0.1, 0.15) is 42.8 Å². The van der Waals surface area contributed by atoms with Gasteiger partial charge in [-0.2, -0.15) is 0 Å². The van der Waals surface area contributed by atoms with Gasteiger partial charge < -0.3 is 13.7 Å². The molecular formula is C19H20BrN3O3. The molecule has 1 amide bonds. The highest BCUT2D eigenvalue weighted by atomic mass is 79.9. The van der Waals surface area contributed by atoms with Crippen molar-refractivity contribution in [1.82, 2.24) is 15.1 Å². The second kappa shape index (κ2) is 7.07. The van der Waals surface area contributed by atoms with Gasteiger partial charge in [-0.25, -0.2) is 0 Å². The Balaban J connectivity index is 1.72. The number of hydrogen-bond acceptors (Lipinski definition) is 5. The van der Waals surface area contributed by atoms with Gasteiger partial charge in [0.2, 0.25) is 17.5 Å². The van der Waals surface area contributed by atoms with Gasteiger partial charge >= 0.3 is 0 Å². The normalized spacial score (nSPS) is 11.6. The Morgan fingerprint density at radius 3 is 2.42 bits per heavy atom. The largest absolute Gasteiger partial charge is 0.458 e. The van der Waals surface area contributed by atoms with E-state index >= 15 is 0 Å². The fourth-order valence-electron chi connectivity index (χ4n) is 2.44. The number of aromatic nitrogens is 2. The number of hydrogen-bond donors (Lipinski definition) is 0. The molecule has 0 N–H and O–H groups in total. The molecule has 6 nitrogen and oxygen atoms in total. The summed E-state index contributed by atoms with van der Waals surface area (Å²) in [6, 6.07) is 9.72. The molecule has 7 heteroatoms. The molecule has 0 unspecified atom stereocenters. The van der Waals surface area contributed by atoms with E-state index in [1.54, 1.807) is 13.1 Å². The van der Waals surface area contributed by atoms with Crippen LogP contribution in [0.3, 0.4) is 0 Å². The summed E-state index contributed by atoms with van der Waals surface area (Å²) < 4.78 is 11.5. The number of benzene rings is 1. The van der Waals surface area contributed by atoms with E-state index < -0.39 is 0 Å². The van der Waals surface area contributed by atoms with E-state index in [9.17, 15) is 4.79 Å². The summed E-state index contributed by atoms with van der Waals surface area (Å²) in [4.78, 5) is 13.8. The molecule has 0 atom stereocenters. The van der Waals surface area contributed by atoms with Crippen molar-refractivity contribution in [3.63, 3.8) is 0 Å². The van der Waals surface area contributed by atoms with Crippen LogP contribution in [-0.2, 0) is 12.0 Å². The van der Waals surface area contributed by atoms with Crippen LogP contribution in [0, 0.1) is 0 Å². The molecule has 0 fully saturated rings. The lowest BCUT2D eigenvalue weighted by atomic mass is 9.87. The molecule has 3 rings (SSSR count). The molecule has 0 aliphatic rings. The van der Waals surface area contributed by atoms with Crippen LogP contribution < -0.4 is 0 Å². The quantitative estimate of drug-likeness (QED) is 0.616. The molecule has 0 bridgehead atoms. The maximum Gasteiger partial charge on any atom is 0.290 e. The Morgan fingerprint density at radius 1 is 1.15 bits per heavy atom. The van der Waals surface area contributed by atoms with Crippen molar-refractivity contribution in [2.24, 2.45) is 0 Å². The second-order valence-electron chi connectivity index (χ2n) is 7.09. The molecule has 136 valence electrons. The van der Waals surface area contributed by atoms with Crippen LogP contribution in [0.15, 0.2) is 49.9 Å². The van der Waals surface area contributed by atoms with E-state index in [1.807, 2.05) is 12.1 Å². The molecule has 2 aromatic heterocycles. The minimum atomic E-state index is -0.267. The molecule has 0 saturated heterocycles. The van der Waals surface area contributed by atoms with E-state index in [4.69, 9.17) is 8.83 Å². The summed E-state index contributed by atoms with van der Waals surface area (Å²) in [5, 5.41) is 8.12. The van der Waals surface area contributed by atoms with Crippen LogP contribution in [0.5, 0.6) is 0 Å². The minimum Gasteiger partial charge on any atom is -0.458 e. The zero-order chi connectivity index (χ0) is 18.9. The monoisotopic (exact) mass is 417 g/mol. The summed E-state index contributed by atoms with van der Waals surface area (Å²) in [5.74, 6) is 0.764. The number of nitrogens with zero attached hydrogens (tertiary/aromatic N) is 3. The topological polar surface area (TPSA) is 72.4 Å². The third kappa shape index (κ3) is 3.88. The van der Waals surface area contributed by atoms with Crippen LogP contribution in [0.4, 0.5) is 0 Å². The predicted molar refractivity (Wildman–Crippen MR) is 101 cm³/mol. The van der Waals surface area contributed by atoms with Crippen molar-refractivity contribution in [3.8, 4) is 11.5 Å². The molecule has 26 heavy (non-hydrogen) atoms. The van der Waals surface area contributed by atoms with Gasteiger partial charge in [0.1, 0.15) is 0 Å². The minimum absolute atomic E-state index is 0.0851. The summed E-state index contributed by atoms with van der Waals surface area (Å²) in [7, 11) is 1.65. The molecule has 0 aliphatic heterocycles. The maximum absolute atomic E-state index is 12.4. The van der Waals surface area contributed by atoms with Gasteiger partial charge in [-0.05, 0) is 45.1 Å². The summed E-state index contributed by atoms with van der Waals surface area (Å²) in [5.41, 5.74) is 2.16. The van der Waals surface area contributed by atoms with Crippen LogP contribution in [0.2, 0.25) is 0 Å². The SMILES string of the molecule is CN(Cc1nnc(-c2ccc(C(C)(C)C)cc2)o1)C(=O)c1occc1Br. The second-order valence-corrected chi connectivity index (χ2v) is 7.94. The molecule has 3 aromatic rings. The number of amides is 1. The fraction of sp³-hybridized carbons (Fsp3) is 0.316. The van der Waals surface area contributed by atoms with Gasteiger partial charge in [-0.3, -0.25) is 4.79 Å². The Morgan fingerprint density at radius 2 is 1.85 bits per heavy atom. The van der Waals surface area contributed by atoms with Gasteiger partial charge in [0.05, 0.1) is 17.3 Å². The van der Waals surface area contributed by atoms with Gasteiger partial charge in [-0.15, -0.1) is 10.2 Å². The summed E-state index contributed by atoms with van der Waals surface area (Å²) in [6.45, 7) is 6.68. The Bertz CT molecular complexity index is 907. The van der Waals surface area contributed by atoms with E-state index in [-0.39, 0.29) is 23.6 Å². The maximum atomic E-state index is 12.4. The van der Waals surface area contributed by atoms with Crippen LogP contribution in [0.25, 0.3) is 11.5 Å². The van der Waals surface area contributed by atoms with Crippen molar-refractivity contribution < 1.29 is 13.6 Å². The Labute approximate surface area is 160 Å². The van der Waals surface area contributed by atoms with Gasteiger partial charge in [0.15, 0.2) is 0 Å². The third-order valence-corrected chi connectivity index (χ3v) is 4.62. The van der Waals surface area contributed by atoms with Gasteiger partial charge in [0.25, 0.3) is 5.91 Å². The average Bonchev–Trinajstić information content (AvgIpc) is 3.22. The van der Waals surface area contributed by atoms with Crippen LogP contribution in [-0.4, -0.2) is 28.1 Å². The molecule has 0 spiro atoms. The van der Waals surface area contributed by atoms with Crippen molar-refractivity contribution in [3.05, 3.63) is 58.3 Å². The molecule has 0 radical (unpaired) electrons. The average molecular weight is 418 g/mol. The van der Waals surface area contributed by atoms with Crippen molar-refractivity contribution in [2.45, 2.75) is 32.7 Å². The Hall–Kier alpha value is -2.41. The lowest BCUT2D eigenvalue weighted by Gasteiger charge is -2.18. The highest BCUT2D eigenvalue weighted by Crippen LogP contribution is 2.26. The van der Waals surface area contributed by atoms with Crippen molar-refractivity contribution in [2.75, 3.05) is 7.05 Å². The van der Waals surface area contributed by atoms with Crippen molar-refractivity contribution in [1.29, 1.82) is 0 Å². The number of halogens is 1. The van der Waals surface area contributed by atoms with E-state index in [1.165, 1.54) is 16.7 Å². The van der Waals surface area contributed by atoms with Gasteiger partial charge in [-0.1, -0.05) is 32.9 Å². The molecule has 0 aliphatic carbocycles. The fourth-order valence-corrected chi connectivity index (χ4v) is 2.81. The zero-order valence-corrected chi connectivity index (χ0v) is 16.7. The number of carbonyl (C=O) groups is 1. The zero-order valence-electron chi connectivity index (χ0n) is 15.1. The first kappa shape index (κ1) is 18.4. The van der Waals surface area contributed by atoms with Gasteiger partial charge in [0, 0.05) is 12.6 Å². The number of furan rings is 1. The predicted octanol–water partition coefficient (Wildman–Crippen LogP) is 4.66. The highest BCUT2D eigenvalue weighted by molar-refractivity contribution is 9.10. The Kier molecular flexibility index (Phi) is 5.00. The number of carbonyl (C=O) groups excluding carboxylic acids is 1. The first-order valence-electron chi connectivity index (χ1n) is 8.17. The molecule has 1 aromatic carbocycles. The molecular weight excluding hydrogens is 398 g/mol. The van der Waals surface area contributed by atoms with Crippen LogP contribution >= 0.6 is 15.9 Å². The summed E-state index contributed by atoms with van der Waals surface area (Å²) >= 11 is 3.28. The lowest BCUT2D eigenvalue weighted by Crippen LogP contribution is -2.26.